The van der Waals surface area contributed by atoms with Crippen LogP contribution in [0.1, 0.15) is 21.5 Å². The number of rotatable bonds is 7. The summed E-state index contributed by atoms with van der Waals surface area (Å²) in [6.07, 6.45) is 3.96. The molecule has 3 heterocycles. The Kier molecular flexibility index (Phi) is 6.67. The highest BCUT2D eigenvalue weighted by Gasteiger charge is 2.34. The van der Waals surface area contributed by atoms with Crippen LogP contribution < -0.4 is 21.5 Å². The predicted molar refractivity (Wildman–Crippen MR) is 144 cm³/mol. The number of hydrogen-bond acceptors (Lipinski definition) is 6. The van der Waals surface area contributed by atoms with Crippen molar-refractivity contribution >= 4 is 33.5 Å². The van der Waals surface area contributed by atoms with E-state index in [-0.39, 0.29) is 29.7 Å². The summed E-state index contributed by atoms with van der Waals surface area (Å²) >= 11 is 3.48. The largest absolute Gasteiger partial charge is 0.354 e. The molecule has 1 atom stereocenters. The van der Waals surface area contributed by atoms with Gasteiger partial charge >= 0.3 is 0 Å². The van der Waals surface area contributed by atoms with Crippen LogP contribution in [0.25, 0.3) is 11.3 Å². The minimum Gasteiger partial charge on any atom is -0.354 e. The number of carbonyl (C=O) groups excluding carboxylic acids is 1. The van der Waals surface area contributed by atoms with Crippen molar-refractivity contribution in [3.8, 4) is 11.3 Å². The number of amides is 1. The van der Waals surface area contributed by atoms with Gasteiger partial charge in [-0.05, 0) is 51.7 Å². The van der Waals surface area contributed by atoms with Crippen molar-refractivity contribution in [3.05, 3.63) is 105 Å². The number of aromatic nitrogens is 3. The molecule has 8 nitrogen and oxygen atoms in total. The topological polar surface area (TPSA) is 106 Å². The minimum absolute atomic E-state index is 0.180. The van der Waals surface area contributed by atoms with Crippen molar-refractivity contribution in [2.45, 2.75) is 19.0 Å². The maximum atomic E-state index is 13.7. The van der Waals surface area contributed by atoms with Crippen LogP contribution >= 0.6 is 15.9 Å². The highest BCUT2D eigenvalue weighted by Crippen LogP contribution is 2.35. The summed E-state index contributed by atoms with van der Waals surface area (Å²) in [5, 5.41) is 3.24. The average molecular weight is 545 g/mol. The highest BCUT2D eigenvalue weighted by molar-refractivity contribution is 9.10. The smallest absolute Gasteiger partial charge is 0.279 e. The molecule has 1 aliphatic rings. The van der Waals surface area contributed by atoms with Gasteiger partial charge in [-0.1, -0.05) is 42.5 Å². The summed E-state index contributed by atoms with van der Waals surface area (Å²) < 4.78 is 2.13. The van der Waals surface area contributed by atoms with Crippen molar-refractivity contribution < 1.29 is 4.79 Å². The second kappa shape index (κ2) is 10.0. The number of benzene rings is 2. The molecule has 182 valence electrons. The van der Waals surface area contributed by atoms with Crippen LogP contribution in [0, 0.1) is 0 Å². The molecule has 2 aromatic heterocycles. The standard InChI is InChI=1S/C27H25BrN6O2/c1-33-26(36)24(34-16-19-8-5-9-21(28)22(19)25(34)35)23(18-10-12-30-13-11-18)32-27(33)31-15-20(29)14-17-6-3-2-4-7-17/h2-13,20H,14-16,29H2,1H3,(H,31,32). The zero-order valence-corrected chi connectivity index (χ0v) is 21.3. The van der Waals surface area contributed by atoms with E-state index in [1.165, 1.54) is 9.47 Å². The van der Waals surface area contributed by atoms with Gasteiger partial charge < -0.3 is 11.1 Å². The molecule has 1 unspecified atom stereocenters. The molecule has 0 spiro atoms. The summed E-state index contributed by atoms with van der Waals surface area (Å²) in [6, 6.07) is 19.0. The SMILES string of the molecule is Cn1c(NCC(N)Cc2ccccc2)nc(-c2ccncc2)c(N2Cc3cccc(Br)c3C2=O)c1=O. The van der Waals surface area contributed by atoms with Gasteiger partial charge in [0.1, 0.15) is 11.4 Å². The van der Waals surface area contributed by atoms with Crippen molar-refractivity contribution in [1.82, 2.24) is 14.5 Å². The Bertz CT molecular complexity index is 1470. The molecule has 0 bridgehead atoms. The van der Waals surface area contributed by atoms with Gasteiger partial charge in [0.25, 0.3) is 11.5 Å². The number of nitrogens with zero attached hydrogens (tertiary/aromatic N) is 4. The van der Waals surface area contributed by atoms with E-state index in [0.29, 0.717) is 40.2 Å². The molecule has 0 aliphatic carbocycles. The van der Waals surface area contributed by atoms with Gasteiger partial charge in [-0.15, -0.1) is 0 Å². The number of carbonyl (C=O) groups is 1. The first-order valence-corrected chi connectivity index (χ1v) is 12.4. The van der Waals surface area contributed by atoms with Crippen LogP contribution in [-0.4, -0.2) is 33.0 Å². The molecule has 9 heteroatoms. The summed E-state index contributed by atoms with van der Waals surface area (Å²) in [5.74, 6) is 0.140. The van der Waals surface area contributed by atoms with E-state index in [2.05, 4.69) is 26.2 Å². The summed E-state index contributed by atoms with van der Waals surface area (Å²) in [6.45, 7) is 0.711. The Labute approximate surface area is 216 Å². The van der Waals surface area contributed by atoms with E-state index in [1.807, 2.05) is 48.5 Å². The third kappa shape index (κ3) is 4.55. The van der Waals surface area contributed by atoms with Crippen molar-refractivity contribution in [2.75, 3.05) is 16.8 Å². The lowest BCUT2D eigenvalue weighted by molar-refractivity contribution is 0.0995. The first-order valence-electron chi connectivity index (χ1n) is 11.6. The van der Waals surface area contributed by atoms with E-state index < -0.39 is 0 Å². The predicted octanol–water partition coefficient (Wildman–Crippen LogP) is 3.75. The Hall–Kier alpha value is -3.82. The van der Waals surface area contributed by atoms with Crippen LogP contribution in [0.2, 0.25) is 0 Å². The Morgan fingerprint density at radius 1 is 1.06 bits per heavy atom. The quantitative estimate of drug-likeness (QED) is 0.367. The monoisotopic (exact) mass is 544 g/mol. The van der Waals surface area contributed by atoms with Gasteiger partial charge in [0, 0.05) is 42.1 Å². The lowest BCUT2D eigenvalue weighted by Gasteiger charge is -2.22. The fourth-order valence-corrected chi connectivity index (χ4v) is 4.99. The first kappa shape index (κ1) is 23.9. The third-order valence-electron chi connectivity index (χ3n) is 6.24. The normalized spacial score (nSPS) is 13.5. The maximum absolute atomic E-state index is 13.7. The number of pyridine rings is 1. The van der Waals surface area contributed by atoms with Gasteiger partial charge in [-0.2, -0.15) is 0 Å². The van der Waals surface area contributed by atoms with Gasteiger partial charge in [-0.3, -0.25) is 24.0 Å². The Morgan fingerprint density at radius 3 is 2.53 bits per heavy atom. The van der Waals surface area contributed by atoms with Gasteiger partial charge in [0.05, 0.1) is 12.1 Å². The maximum Gasteiger partial charge on any atom is 0.279 e. The zero-order valence-electron chi connectivity index (χ0n) is 19.7. The zero-order chi connectivity index (χ0) is 25.2. The molecule has 0 saturated heterocycles. The minimum atomic E-state index is -0.326. The number of halogens is 1. The molecule has 0 saturated carbocycles. The van der Waals surface area contributed by atoms with E-state index in [0.717, 1.165) is 11.1 Å². The van der Waals surface area contributed by atoms with E-state index in [9.17, 15) is 9.59 Å². The molecule has 4 aromatic rings. The highest BCUT2D eigenvalue weighted by atomic mass is 79.9. The molecular weight excluding hydrogens is 520 g/mol. The molecule has 0 fully saturated rings. The lowest BCUT2D eigenvalue weighted by Crippen LogP contribution is -2.36. The molecule has 5 rings (SSSR count). The second-order valence-corrected chi connectivity index (χ2v) is 9.58. The van der Waals surface area contributed by atoms with Crippen LogP contribution in [0.5, 0.6) is 0 Å². The summed E-state index contributed by atoms with van der Waals surface area (Å²) in [5.41, 5.74) is 9.93. The van der Waals surface area contributed by atoms with Crippen LogP contribution in [-0.2, 0) is 20.0 Å². The number of anilines is 2. The van der Waals surface area contributed by atoms with Crippen LogP contribution in [0.3, 0.4) is 0 Å². The van der Waals surface area contributed by atoms with Gasteiger partial charge in [0.2, 0.25) is 5.95 Å². The average Bonchev–Trinajstić information content (AvgIpc) is 3.23. The van der Waals surface area contributed by atoms with Crippen molar-refractivity contribution in [3.63, 3.8) is 0 Å². The molecule has 0 radical (unpaired) electrons. The third-order valence-corrected chi connectivity index (χ3v) is 6.90. The molecule has 1 amide bonds. The Balaban J connectivity index is 1.51. The molecular formula is C27H25BrN6O2. The fourth-order valence-electron chi connectivity index (χ4n) is 4.41. The van der Waals surface area contributed by atoms with Gasteiger partial charge in [-0.25, -0.2) is 4.98 Å². The van der Waals surface area contributed by atoms with Crippen molar-refractivity contribution in [1.29, 1.82) is 0 Å². The molecule has 36 heavy (non-hydrogen) atoms. The van der Waals surface area contributed by atoms with E-state index >= 15 is 0 Å². The summed E-state index contributed by atoms with van der Waals surface area (Å²) in [4.78, 5) is 37.5. The molecule has 2 aromatic carbocycles. The van der Waals surface area contributed by atoms with Crippen molar-refractivity contribution in [2.24, 2.45) is 12.8 Å². The Morgan fingerprint density at radius 2 is 1.81 bits per heavy atom. The van der Waals surface area contributed by atoms with Crippen LogP contribution in [0.4, 0.5) is 11.6 Å². The first-order chi connectivity index (χ1) is 17.4. The summed E-state index contributed by atoms with van der Waals surface area (Å²) in [7, 11) is 1.64. The van der Waals surface area contributed by atoms with E-state index in [4.69, 9.17) is 10.7 Å². The molecule has 1 aliphatic heterocycles. The molecule has 3 N–H and O–H groups in total. The number of fused-ring (bicyclic) bond motifs is 1. The lowest BCUT2D eigenvalue weighted by atomic mass is 10.1. The van der Waals surface area contributed by atoms with E-state index in [1.54, 1.807) is 31.6 Å². The number of hydrogen-bond donors (Lipinski definition) is 2. The van der Waals surface area contributed by atoms with Gasteiger partial charge in [0.15, 0.2) is 0 Å². The second-order valence-electron chi connectivity index (χ2n) is 8.73. The fraction of sp³-hybridized carbons (Fsp3) is 0.185. The number of nitrogens with two attached hydrogens (primary N) is 1. The number of nitrogens with one attached hydrogen (secondary N) is 1. The van der Waals surface area contributed by atoms with Crippen LogP contribution in [0.15, 0.2) is 82.3 Å².